The van der Waals surface area contributed by atoms with E-state index in [0.29, 0.717) is 13.0 Å². The fraction of sp³-hybridized carbons (Fsp3) is 0.929. The summed E-state index contributed by atoms with van der Waals surface area (Å²) in [5, 5.41) is 6.37. The molecular formula is C14H26N2O2. The fourth-order valence-corrected chi connectivity index (χ4v) is 2.79. The highest BCUT2D eigenvalue weighted by Gasteiger charge is 2.16. The Balaban J connectivity index is 1.54. The van der Waals surface area contributed by atoms with Gasteiger partial charge in [-0.25, -0.2) is 0 Å². The Morgan fingerprint density at radius 3 is 2.78 bits per heavy atom. The first kappa shape index (κ1) is 13.8. The van der Waals surface area contributed by atoms with Gasteiger partial charge in [-0.1, -0.05) is 0 Å². The molecule has 104 valence electrons. The second kappa shape index (κ2) is 7.74. The first-order chi connectivity index (χ1) is 8.84. The standard InChI is InChI=1S/C14H26N2O2/c17-14(5-4-12-6-8-15-9-7-12)16-11-13-3-1-2-10-18-13/h12-13,15H,1-11H2,(H,16,17). The Bertz CT molecular complexity index is 222. The molecule has 0 saturated carbocycles. The van der Waals surface area contributed by atoms with E-state index in [1.807, 2.05) is 0 Å². The third-order valence-corrected chi connectivity index (χ3v) is 4.04. The van der Waals surface area contributed by atoms with Crippen LogP contribution in [0.1, 0.15) is 44.9 Å². The molecular weight excluding hydrogens is 228 g/mol. The molecule has 2 N–H and O–H groups in total. The van der Waals surface area contributed by atoms with Crippen LogP contribution in [0.15, 0.2) is 0 Å². The molecule has 0 aromatic carbocycles. The predicted molar refractivity (Wildman–Crippen MR) is 71.4 cm³/mol. The van der Waals surface area contributed by atoms with Crippen LogP contribution in [0.5, 0.6) is 0 Å². The van der Waals surface area contributed by atoms with Crippen LogP contribution in [-0.2, 0) is 9.53 Å². The predicted octanol–water partition coefficient (Wildman–Crippen LogP) is 1.45. The van der Waals surface area contributed by atoms with Gasteiger partial charge >= 0.3 is 0 Å². The molecule has 4 nitrogen and oxygen atoms in total. The van der Waals surface area contributed by atoms with Crippen LogP contribution in [0, 0.1) is 5.92 Å². The molecule has 2 aliphatic rings. The second-order valence-electron chi connectivity index (χ2n) is 5.52. The van der Waals surface area contributed by atoms with Crippen LogP contribution in [-0.4, -0.2) is 38.3 Å². The summed E-state index contributed by atoms with van der Waals surface area (Å²) < 4.78 is 5.60. The summed E-state index contributed by atoms with van der Waals surface area (Å²) in [6, 6.07) is 0. The number of ether oxygens (including phenoxy) is 1. The summed E-state index contributed by atoms with van der Waals surface area (Å²) in [6.45, 7) is 3.78. The quantitative estimate of drug-likeness (QED) is 0.781. The van der Waals surface area contributed by atoms with Crippen molar-refractivity contribution in [1.29, 1.82) is 0 Å². The van der Waals surface area contributed by atoms with E-state index in [1.54, 1.807) is 0 Å². The Morgan fingerprint density at radius 1 is 1.22 bits per heavy atom. The minimum atomic E-state index is 0.197. The Hall–Kier alpha value is -0.610. The third-order valence-electron chi connectivity index (χ3n) is 4.04. The molecule has 2 fully saturated rings. The third kappa shape index (κ3) is 4.94. The maximum absolute atomic E-state index is 11.7. The van der Waals surface area contributed by atoms with Gasteiger partial charge in [0.05, 0.1) is 6.10 Å². The van der Waals surface area contributed by atoms with E-state index in [0.717, 1.165) is 38.5 Å². The van der Waals surface area contributed by atoms with Crippen molar-refractivity contribution in [3.05, 3.63) is 0 Å². The molecule has 4 heteroatoms. The molecule has 1 amide bonds. The van der Waals surface area contributed by atoms with E-state index in [2.05, 4.69) is 10.6 Å². The van der Waals surface area contributed by atoms with Crippen molar-refractivity contribution in [3.8, 4) is 0 Å². The zero-order valence-electron chi connectivity index (χ0n) is 11.2. The molecule has 0 spiro atoms. The molecule has 18 heavy (non-hydrogen) atoms. The molecule has 0 aliphatic carbocycles. The SMILES string of the molecule is O=C(CCC1CCNCC1)NCC1CCCCO1. The lowest BCUT2D eigenvalue weighted by Crippen LogP contribution is -2.35. The molecule has 0 radical (unpaired) electrons. The van der Waals surface area contributed by atoms with E-state index in [9.17, 15) is 4.79 Å². The van der Waals surface area contributed by atoms with Gasteiger partial charge in [-0.15, -0.1) is 0 Å². The summed E-state index contributed by atoms with van der Waals surface area (Å²) in [5.74, 6) is 0.936. The molecule has 0 aromatic heterocycles. The number of carbonyl (C=O) groups is 1. The van der Waals surface area contributed by atoms with Crippen molar-refractivity contribution in [2.24, 2.45) is 5.92 Å². The van der Waals surface area contributed by atoms with Gasteiger partial charge in [-0.3, -0.25) is 4.79 Å². The number of hydrogen-bond donors (Lipinski definition) is 2. The van der Waals surface area contributed by atoms with Crippen molar-refractivity contribution in [1.82, 2.24) is 10.6 Å². The number of nitrogens with one attached hydrogen (secondary N) is 2. The number of amides is 1. The van der Waals surface area contributed by atoms with E-state index in [4.69, 9.17) is 4.74 Å². The first-order valence-electron chi connectivity index (χ1n) is 7.43. The number of carbonyl (C=O) groups excluding carboxylic acids is 1. The van der Waals surface area contributed by atoms with Gasteiger partial charge in [0.15, 0.2) is 0 Å². The van der Waals surface area contributed by atoms with Gasteiger partial charge < -0.3 is 15.4 Å². The molecule has 2 saturated heterocycles. The largest absolute Gasteiger partial charge is 0.376 e. The van der Waals surface area contributed by atoms with E-state index in [-0.39, 0.29) is 12.0 Å². The smallest absolute Gasteiger partial charge is 0.220 e. The van der Waals surface area contributed by atoms with Crippen molar-refractivity contribution in [2.75, 3.05) is 26.2 Å². The highest BCUT2D eigenvalue weighted by atomic mass is 16.5. The first-order valence-corrected chi connectivity index (χ1v) is 7.43. The normalized spacial score (nSPS) is 25.9. The number of piperidine rings is 1. The minimum Gasteiger partial charge on any atom is -0.376 e. The summed E-state index contributed by atoms with van der Waals surface area (Å²) in [5.41, 5.74) is 0. The minimum absolute atomic E-state index is 0.197. The Kier molecular flexibility index (Phi) is 5.94. The van der Waals surface area contributed by atoms with Crippen LogP contribution in [0.3, 0.4) is 0 Å². The Labute approximate surface area is 110 Å². The molecule has 0 aromatic rings. The molecule has 1 unspecified atom stereocenters. The average Bonchev–Trinajstić information content (AvgIpc) is 2.45. The van der Waals surface area contributed by atoms with Crippen LogP contribution < -0.4 is 10.6 Å². The van der Waals surface area contributed by atoms with Crippen molar-refractivity contribution in [2.45, 2.75) is 51.0 Å². The van der Waals surface area contributed by atoms with Crippen molar-refractivity contribution in [3.63, 3.8) is 0 Å². The lowest BCUT2D eigenvalue weighted by atomic mass is 9.93. The van der Waals surface area contributed by atoms with Crippen LogP contribution >= 0.6 is 0 Å². The lowest BCUT2D eigenvalue weighted by Gasteiger charge is -2.24. The Morgan fingerprint density at radius 2 is 2.06 bits per heavy atom. The van der Waals surface area contributed by atoms with Gasteiger partial charge in [0.1, 0.15) is 0 Å². The summed E-state index contributed by atoms with van der Waals surface area (Å²) in [6.07, 6.45) is 7.90. The van der Waals surface area contributed by atoms with Crippen LogP contribution in [0.4, 0.5) is 0 Å². The summed E-state index contributed by atoms with van der Waals surface area (Å²) in [4.78, 5) is 11.7. The van der Waals surface area contributed by atoms with Gasteiger partial charge in [-0.05, 0) is 57.5 Å². The number of hydrogen-bond acceptors (Lipinski definition) is 3. The molecule has 2 rings (SSSR count). The highest BCUT2D eigenvalue weighted by Crippen LogP contribution is 2.17. The van der Waals surface area contributed by atoms with E-state index in [1.165, 1.54) is 25.7 Å². The van der Waals surface area contributed by atoms with Gasteiger partial charge in [0.25, 0.3) is 0 Å². The van der Waals surface area contributed by atoms with Crippen molar-refractivity contribution >= 4 is 5.91 Å². The lowest BCUT2D eigenvalue weighted by molar-refractivity contribution is -0.122. The maximum atomic E-state index is 11.7. The van der Waals surface area contributed by atoms with Crippen LogP contribution in [0.25, 0.3) is 0 Å². The zero-order chi connectivity index (χ0) is 12.6. The van der Waals surface area contributed by atoms with Gasteiger partial charge in [0.2, 0.25) is 5.91 Å². The molecule has 1 atom stereocenters. The van der Waals surface area contributed by atoms with E-state index >= 15 is 0 Å². The monoisotopic (exact) mass is 254 g/mol. The average molecular weight is 254 g/mol. The summed E-state index contributed by atoms with van der Waals surface area (Å²) in [7, 11) is 0. The zero-order valence-corrected chi connectivity index (χ0v) is 11.2. The second-order valence-corrected chi connectivity index (χ2v) is 5.52. The maximum Gasteiger partial charge on any atom is 0.220 e. The van der Waals surface area contributed by atoms with E-state index < -0.39 is 0 Å². The topological polar surface area (TPSA) is 50.4 Å². The van der Waals surface area contributed by atoms with Gasteiger partial charge in [-0.2, -0.15) is 0 Å². The number of rotatable bonds is 5. The fourth-order valence-electron chi connectivity index (χ4n) is 2.79. The van der Waals surface area contributed by atoms with Gasteiger partial charge in [0, 0.05) is 19.6 Å². The molecule has 2 aliphatic heterocycles. The van der Waals surface area contributed by atoms with Crippen molar-refractivity contribution < 1.29 is 9.53 Å². The summed E-state index contributed by atoms with van der Waals surface area (Å²) >= 11 is 0. The molecule has 0 bridgehead atoms. The van der Waals surface area contributed by atoms with Crippen LogP contribution in [0.2, 0.25) is 0 Å². The highest BCUT2D eigenvalue weighted by molar-refractivity contribution is 5.75. The molecule has 2 heterocycles.